The van der Waals surface area contributed by atoms with Crippen molar-refractivity contribution in [2.75, 3.05) is 11.9 Å². The molecule has 6 heteroatoms. The fourth-order valence-corrected chi connectivity index (χ4v) is 1.88. The van der Waals surface area contributed by atoms with Gasteiger partial charge in [0.15, 0.2) is 0 Å². The molecular weight excluding hydrogens is 287 g/mol. The Kier molecular flexibility index (Phi) is 5.91. The number of benzene rings is 1. The van der Waals surface area contributed by atoms with Crippen molar-refractivity contribution < 1.29 is 9.90 Å². The van der Waals surface area contributed by atoms with Crippen LogP contribution in [0.15, 0.2) is 18.2 Å². The molecule has 19 heavy (non-hydrogen) atoms. The first-order chi connectivity index (χ1) is 8.81. The van der Waals surface area contributed by atoms with Gasteiger partial charge in [0.2, 0.25) is 0 Å². The first kappa shape index (κ1) is 16.1. The molecule has 1 unspecified atom stereocenters. The van der Waals surface area contributed by atoms with Crippen LogP contribution < -0.4 is 5.32 Å². The molecule has 0 bridgehead atoms. The van der Waals surface area contributed by atoms with Gasteiger partial charge in [0, 0.05) is 18.3 Å². The number of hydrogen-bond donors (Lipinski definition) is 2. The number of hydrogen-bond acceptors (Lipinski definition) is 2. The molecule has 0 spiro atoms. The third-order valence-electron chi connectivity index (χ3n) is 2.52. The number of carbonyl (C=O) groups is 1. The maximum atomic E-state index is 12.1. The number of rotatable bonds is 4. The minimum Gasteiger partial charge on any atom is -0.392 e. The second-order valence-corrected chi connectivity index (χ2v) is 5.47. The number of urea groups is 1. The van der Waals surface area contributed by atoms with Crippen LogP contribution in [0, 0.1) is 0 Å². The van der Waals surface area contributed by atoms with Gasteiger partial charge in [0.05, 0.1) is 16.1 Å². The number of nitrogens with one attached hydrogen (secondary N) is 1. The third-order valence-corrected chi connectivity index (χ3v) is 3.26. The molecule has 1 aromatic carbocycles. The summed E-state index contributed by atoms with van der Waals surface area (Å²) >= 11 is 11.7. The van der Waals surface area contributed by atoms with Gasteiger partial charge < -0.3 is 15.3 Å². The number of halogens is 2. The SMILES string of the molecule is CC(O)CN(C(=O)Nc1ccc(Cl)c(Cl)c1)C(C)C. The summed E-state index contributed by atoms with van der Waals surface area (Å²) < 4.78 is 0. The van der Waals surface area contributed by atoms with Gasteiger partial charge in [-0.15, -0.1) is 0 Å². The molecule has 0 aliphatic carbocycles. The molecule has 0 heterocycles. The van der Waals surface area contributed by atoms with Gasteiger partial charge >= 0.3 is 6.03 Å². The van der Waals surface area contributed by atoms with Crippen LogP contribution >= 0.6 is 23.2 Å². The van der Waals surface area contributed by atoms with Gasteiger partial charge in [-0.3, -0.25) is 0 Å². The van der Waals surface area contributed by atoms with Gasteiger partial charge in [0.1, 0.15) is 0 Å². The smallest absolute Gasteiger partial charge is 0.322 e. The Labute approximate surface area is 123 Å². The Bertz CT molecular complexity index is 450. The molecule has 106 valence electrons. The van der Waals surface area contributed by atoms with Crippen LogP contribution in [-0.4, -0.2) is 34.7 Å². The molecule has 0 aliphatic rings. The number of nitrogens with zero attached hydrogens (tertiary/aromatic N) is 1. The Hall–Kier alpha value is -0.970. The highest BCUT2D eigenvalue weighted by Crippen LogP contribution is 2.25. The lowest BCUT2D eigenvalue weighted by Crippen LogP contribution is -2.43. The van der Waals surface area contributed by atoms with E-state index in [0.717, 1.165) is 0 Å². The summed E-state index contributed by atoms with van der Waals surface area (Å²) in [5.74, 6) is 0. The number of aliphatic hydroxyl groups is 1. The van der Waals surface area contributed by atoms with Crippen molar-refractivity contribution in [2.24, 2.45) is 0 Å². The molecule has 0 aromatic heterocycles. The highest BCUT2D eigenvalue weighted by atomic mass is 35.5. The van der Waals surface area contributed by atoms with Gasteiger partial charge in [0.25, 0.3) is 0 Å². The zero-order chi connectivity index (χ0) is 14.6. The minimum absolute atomic E-state index is 0.0163. The van der Waals surface area contributed by atoms with E-state index in [2.05, 4.69) is 5.32 Å². The molecule has 0 saturated heterocycles. The lowest BCUT2D eigenvalue weighted by Gasteiger charge is -2.28. The molecule has 0 saturated carbocycles. The summed E-state index contributed by atoms with van der Waals surface area (Å²) in [5.41, 5.74) is 0.565. The van der Waals surface area contributed by atoms with Crippen LogP contribution in [0.3, 0.4) is 0 Å². The first-order valence-electron chi connectivity index (χ1n) is 6.02. The van der Waals surface area contributed by atoms with E-state index in [1.165, 1.54) is 0 Å². The highest BCUT2D eigenvalue weighted by Gasteiger charge is 2.18. The fourth-order valence-electron chi connectivity index (χ4n) is 1.58. The number of amides is 2. The Morgan fingerprint density at radius 2 is 1.95 bits per heavy atom. The molecule has 0 fully saturated rings. The van der Waals surface area contributed by atoms with Crippen LogP contribution in [0.4, 0.5) is 10.5 Å². The van der Waals surface area contributed by atoms with Crippen LogP contribution in [0.1, 0.15) is 20.8 Å². The number of aliphatic hydroxyl groups excluding tert-OH is 1. The second kappa shape index (κ2) is 6.98. The standard InChI is InChI=1S/C13H18Cl2N2O2/c1-8(2)17(7-9(3)18)13(19)16-10-4-5-11(14)12(15)6-10/h4-6,8-9,18H,7H2,1-3H3,(H,16,19). The molecule has 2 N–H and O–H groups in total. The van der Waals surface area contributed by atoms with Gasteiger partial charge in [-0.2, -0.15) is 0 Å². The van der Waals surface area contributed by atoms with Crippen molar-refractivity contribution in [3.63, 3.8) is 0 Å². The van der Waals surface area contributed by atoms with Gasteiger partial charge in [-0.25, -0.2) is 4.79 Å². The lowest BCUT2D eigenvalue weighted by molar-refractivity contribution is 0.125. The van der Waals surface area contributed by atoms with Crippen molar-refractivity contribution in [2.45, 2.75) is 32.9 Å². The molecule has 2 amide bonds. The summed E-state index contributed by atoms with van der Waals surface area (Å²) in [6, 6.07) is 4.58. The topological polar surface area (TPSA) is 52.6 Å². The average Bonchev–Trinajstić information content (AvgIpc) is 2.30. The van der Waals surface area contributed by atoms with E-state index in [4.69, 9.17) is 23.2 Å². The molecule has 1 aromatic rings. The van der Waals surface area contributed by atoms with E-state index >= 15 is 0 Å². The van der Waals surface area contributed by atoms with E-state index in [9.17, 15) is 9.90 Å². The van der Waals surface area contributed by atoms with Gasteiger partial charge in [-0.05, 0) is 39.0 Å². The van der Waals surface area contributed by atoms with Crippen LogP contribution in [0.25, 0.3) is 0 Å². The molecule has 1 atom stereocenters. The maximum Gasteiger partial charge on any atom is 0.322 e. The molecule has 4 nitrogen and oxygen atoms in total. The average molecular weight is 305 g/mol. The molecular formula is C13H18Cl2N2O2. The Morgan fingerprint density at radius 3 is 2.42 bits per heavy atom. The Balaban J connectivity index is 2.78. The summed E-state index contributed by atoms with van der Waals surface area (Å²) in [5, 5.41) is 13.0. The normalized spacial score (nSPS) is 12.4. The van der Waals surface area contributed by atoms with E-state index in [1.54, 1.807) is 30.0 Å². The monoisotopic (exact) mass is 304 g/mol. The predicted molar refractivity (Wildman–Crippen MR) is 79.0 cm³/mol. The number of carbonyl (C=O) groups excluding carboxylic acids is 1. The highest BCUT2D eigenvalue weighted by molar-refractivity contribution is 6.42. The van der Waals surface area contributed by atoms with E-state index in [0.29, 0.717) is 15.7 Å². The zero-order valence-corrected chi connectivity index (χ0v) is 12.7. The fraction of sp³-hybridized carbons (Fsp3) is 0.462. The Morgan fingerprint density at radius 1 is 1.32 bits per heavy atom. The molecule has 1 rings (SSSR count). The summed E-state index contributed by atoms with van der Waals surface area (Å²) in [7, 11) is 0. The van der Waals surface area contributed by atoms with Crippen molar-refractivity contribution in [3.8, 4) is 0 Å². The predicted octanol–water partition coefficient (Wildman–Crippen LogP) is 3.62. The van der Waals surface area contributed by atoms with Gasteiger partial charge in [-0.1, -0.05) is 23.2 Å². The van der Waals surface area contributed by atoms with Crippen molar-refractivity contribution >= 4 is 34.9 Å². The summed E-state index contributed by atoms with van der Waals surface area (Å²) in [4.78, 5) is 13.7. The number of anilines is 1. The summed E-state index contributed by atoms with van der Waals surface area (Å²) in [6.45, 7) is 5.68. The molecule has 0 aliphatic heterocycles. The molecule has 0 radical (unpaired) electrons. The van der Waals surface area contributed by atoms with E-state index in [-0.39, 0.29) is 18.6 Å². The lowest BCUT2D eigenvalue weighted by atomic mass is 10.2. The van der Waals surface area contributed by atoms with Crippen molar-refractivity contribution in [1.82, 2.24) is 4.90 Å². The van der Waals surface area contributed by atoms with Crippen molar-refractivity contribution in [1.29, 1.82) is 0 Å². The zero-order valence-electron chi connectivity index (χ0n) is 11.2. The second-order valence-electron chi connectivity index (χ2n) is 4.65. The first-order valence-corrected chi connectivity index (χ1v) is 6.77. The minimum atomic E-state index is -0.582. The largest absolute Gasteiger partial charge is 0.392 e. The van der Waals surface area contributed by atoms with Crippen molar-refractivity contribution in [3.05, 3.63) is 28.2 Å². The third kappa shape index (κ3) is 4.90. The van der Waals surface area contributed by atoms with Crippen LogP contribution in [0.2, 0.25) is 10.0 Å². The van der Waals surface area contributed by atoms with E-state index in [1.807, 2.05) is 13.8 Å². The quantitative estimate of drug-likeness (QED) is 0.892. The van der Waals surface area contributed by atoms with Crippen LogP contribution in [-0.2, 0) is 0 Å². The summed E-state index contributed by atoms with van der Waals surface area (Å²) in [6.07, 6.45) is -0.582. The maximum absolute atomic E-state index is 12.1. The van der Waals surface area contributed by atoms with E-state index < -0.39 is 6.10 Å². The van der Waals surface area contributed by atoms with Crippen LogP contribution in [0.5, 0.6) is 0 Å².